The van der Waals surface area contributed by atoms with Gasteiger partial charge in [-0.3, -0.25) is 0 Å². The molecule has 0 rings (SSSR count). The van der Waals surface area contributed by atoms with Gasteiger partial charge in [-0.15, -0.1) is 0 Å². The van der Waals surface area contributed by atoms with Crippen LogP contribution in [-0.4, -0.2) is 12.7 Å². The van der Waals surface area contributed by atoms with Crippen molar-refractivity contribution in [3.05, 3.63) is 12.3 Å². The van der Waals surface area contributed by atoms with E-state index in [9.17, 15) is 0 Å². The zero-order valence-corrected chi connectivity index (χ0v) is 3.77. The van der Waals surface area contributed by atoms with Gasteiger partial charge in [0.15, 0.2) is 0 Å². The third-order valence-corrected chi connectivity index (χ3v) is 0.311. The standard InChI is InChI=1S/C3H7BO2/c1-3(2)6-4-5/h4-5H,1H2,2H3. The Balaban J connectivity index is 2.83. The maximum Gasteiger partial charge on any atom is 0.503 e. The van der Waals surface area contributed by atoms with Gasteiger partial charge in [-0.05, 0) is 6.92 Å². The molecule has 0 bridgehead atoms. The number of hydrogen-bond donors (Lipinski definition) is 1. The number of hydrogen-bond acceptors (Lipinski definition) is 2. The zero-order chi connectivity index (χ0) is 4.99. The molecule has 1 N–H and O–H groups in total. The smallest absolute Gasteiger partial charge is 0.503 e. The first-order chi connectivity index (χ1) is 2.77. The second-order valence-electron chi connectivity index (χ2n) is 0.975. The number of allylic oxidation sites excluding steroid dienone is 1. The molecule has 0 radical (unpaired) electrons. The van der Waals surface area contributed by atoms with E-state index in [4.69, 9.17) is 5.02 Å². The van der Waals surface area contributed by atoms with Gasteiger partial charge in [0.05, 0.1) is 5.76 Å². The van der Waals surface area contributed by atoms with Crippen molar-refractivity contribution in [1.29, 1.82) is 0 Å². The summed E-state index contributed by atoms with van der Waals surface area (Å²) in [4.78, 5) is 0. The highest BCUT2D eigenvalue weighted by Crippen LogP contribution is 1.82. The average Bonchev–Trinajstić information content (AvgIpc) is 1.35. The molecule has 0 atom stereocenters. The van der Waals surface area contributed by atoms with E-state index in [2.05, 4.69) is 11.2 Å². The normalized spacial score (nSPS) is 7.00. The van der Waals surface area contributed by atoms with Crippen LogP contribution < -0.4 is 0 Å². The molecule has 0 aromatic heterocycles. The minimum atomic E-state index is -0.269. The highest BCUT2D eigenvalue weighted by atomic mass is 16.5. The Morgan fingerprint density at radius 2 is 2.50 bits per heavy atom. The summed E-state index contributed by atoms with van der Waals surface area (Å²) in [5.41, 5.74) is 0. The molecule has 2 nitrogen and oxygen atoms in total. The molecule has 0 aliphatic rings. The van der Waals surface area contributed by atoms with Crippen LogP contribution in [0, 0.1) is 0 Å². The van der Waals surface area contributed by atoms with Crippen LogP contribution in [0.2, 0.25) is 0 Å². The second kappa shape index (κ2) is 2.78. The first kappa shape index (κ1) is 5.56. The summed E-state index contributed by atoms with van der Waals surface area (Å²) in [5.74, 6) is 0.539. The van der Waals surface area contributed by atoms with E-state index >= 15 is 0 Å². The van der Waals surface area contributed by atoms with Crippen LogP contribution in [0.1, 0.15) is 6.92 Å². The fourth-order valence-corrected chi connectivity index (χ4v) is 0.110. The summed E-state index contributed by atoms with van der Waals surface area (Å²) >= 11 is 0. The van der Waals surface area contributed by atoms with Gasteiger partial charge in [-0.1, -0.05) is 6.58 Å². The highest BCUT2D eigenvalue weighted by Gasteiger charge is 1.79. The van der Waals surface area contributed by atoms with E-state index in [1.165, 1.54) is 0 Å². The molecule has 0 saturated heterocycles. The minimum Gasteiger partial charge on any atom is -0.543 e. The first-order valence-corrected chi connectivity index (χ1v) is 1.66. The summed E-state index contributed by atoms with van der Waals surface area (Å²) in [7, 11) is -0.269. The van der Waals surface area contributed by atoms with E-state index in [0.717, 1.165) is 0 Å². The van der Waals surface area contributed by atoms with Crippen molar-refractivity contribution >= 4 is 7.69 Å². The molecule has 0 amide bonds. The Hall–Kier alpha value is -0.435. The Kier molecular flexibility index (Phi) is 2.58. The van der Waals surface area contributed by atoms with E-state index in [0.29, 0.717) is 5.76 Å². The van der Waals surface area contributed by atoms with Crippen LogP contribution in [-0.2, 0) is 4.65 Å². The van der Waals surface area contributed by atoms with Crippen molar-refractivity contribution in [2.24, 2.45) is 0 Å². The molecule has 0 heterocycles. The van der Waals surface area contributed by atoms with Crippen LogP contribution in [0.15, 0.2) is 12.3 Å². The molecule has 0 saturated carbocycles. The van der Waals surface area contributed by atoms with E-state index in [1.807, 2.05) is 0 Å². The lowest BCUT2D eigenvalue weighted by atomic mass is 10.4. The molecule has 0 fully saturated rings. The van der Waals surface area contributed by atoms with Gasteiger partial charge in [0.2, 0.25) is 0 Å². The Bertz CT molecular complexity index is 52.8. The van der Waals surface area contributed by atoms with Crippen LogP contribution in [0.3, 0.4) is 0 Å². The maximum atomic E-state index is 7.95. The average molecular weight is 85.9 g/mol. The topological polar surface area (TPSA) is 29.5 Å². The fourth-order valence-electron chi connectivity index (χ4n) is 0.110. The second-order valence-corrected chi connectivity index (χ2v) is 0.975. The lowest BCUT2D eigenvalue weighted by Gasteiger charge is -1.93. The predicted molar refractivity (Wildman–Crippen MR) is 25.3 cm³/mol. The van der Waals surface area contributed by atoms with Crippen LogP contribution in [0.4, 0.5) is 0 Å². The Morgan fingerprint density at radius 3 is 2.50 bits per heavy atom. The zero-order valence-electron chi connectivity index (χ0n) is 3.77. The summed E-state index contributed by atoms with van der Waals surface area (Å²) in [6, 6.07) is 0. The quantitative estimate of drug-likeness (QED) is 0.372. The molecule has 0 spiro atoms. The van der Waals surface area contributed by atoms with Gasteiger partial charge < -0.3 is 9.68 Å². The van der Waals surface area contributed by atoms with Crippen molar-refractivity contribution in [3.63, 3.8) is 0 Å². The van der Waals surface area contributed by atoms with Crippen molar-refractivity contribution in [3.8, 4) is 0 Å². The van der Waals surface area contributed by atoms with Gasteiger partial charge >= 0.3 is 7.69 Å². The van der Waals surface area contributed by atoms with Crippen molar-refractivity contribution in [2.75, 3.05) is 0 Å². The lowest BCUT2D eigenvalue weighted by Crippen LogP contribution is -1.91. The fraction of sp³-hybridized carbons (Fsp3) is 0.333. The first-order valence-electron chi connectivity index (χ1n) is 1.66. The Labute approximate surface area is 37.7 Å². The predicted octanol–water partition coefficient (Wildman–Crippen LogP) is -0.205. The van der Waals surface area contributed by atoms with Gasteiger partial charge in [-0.2, -0.15) is 0 Å². The van der Waals surface area contributed by atoms with E-state index < -0.39 is 0 Å². The van der Waals surface area contributed by atoms with Gasteiger partial charge in [0.1, 0.15) is 0 Å². The molecular formula is C3H7BO2. The third kappa shape index (κ3) is 3.56. The molecule has 0 unspecified atom stereocenters. The molecule has 0 aliphatic heterocycles. The van der Waals surface area contributed by atoms with Crippen molar-refractivity contribution < 1.29 is 9.68 Å². The lowest BCUT2D eigenvalue weighted by molar-refractivity contribution is 0.373. The SMILES string of the molecule is C=C(C)OBO. The minimum absolute atomic E-state index is 0.269. The molecule has 6 heavy (non-hydrogen) atoms. The molecule has 0 aromatic carbocycles. The summed E-state index contributed by atoms with van der Waals surface area (Å²) in [6.07, 6.45) is 0. The molecular weight excluding hydrogens is 78.8 g/mol. The summed E-state index contributed by atoms with van der Waals surface area (Å²) in [5, 5.41) is 7.95. The summed E-state index contributed by atoms with van der Waals surface area (Å²) in [6.45, 7) is 5.04. The molecule has 3 heteroatoms. The summed E-state index contributed by atoms with van der Waals surface area (Å²) < 4.78 is 4.40. The third-order valence-electron chi connectivity index (χ3n) is 0.311. The van der Waals surface area contributed by atoms with E-state index in [-0.39, 0.29) is 7.69 Å². The highest BCUT2D eigenvalue weighted by molar-refractivity contribution is 6.16. The van der Waals surface area contributed by atoms with Crippen LogP contribution in [0.25, 0.3) is 0 Å². The maximum absolute atomic E-state index is 7.95. The van der Waals surface area contributed by atoms with Crippen molar-refractivity contribution in [2.45, 2.75) is 6.92 Å². The van der Waals surface area contributed by atoms with E-state index in [1.54, 1.807) is 6.92 Å². The molecule has 0 aromatic rings. The van der Waals surface area contributed by atoms with Crippen LogP contribution >= 0.6 is 0 Å². The monoisotopic (exact) mass is 86.1 g/mol. The van der Waals surface area contributed by atoms with Crippen LogP contribution in [0.5, 0.6) is 0 Å². The largest absolute Gasteiger partial charge is 0.543 e. The van der Waals surface area contributed by atoms with Gasteiger partial charge in [0.25, 0.3) is 0 Å². The Morgan fingerprint density at radius 1 is 2.00 bits per heavy atom. The van der Waals surface area contributed by atoms with Gasteiger partial charge in [0, 0.05) is 0 Å². The molecule has 34 valence electrons. The van der Waals surface area contributed by atoms with Gasteiger partial charge in [-0.25, -0.2) is 0 Å². The molecule has 0 aliphatic carbocycles. The van der Waals surface area contributed by atoms with Crippen molar-refractivity contribution in [1.82, 2.24) is 0 Å². The number of rotatable bonds is 2.